The third-order valence-electron chi connectivity index (χ3n) is 14.5. The zero-order valence-electron chi connectivity index (χ0n) is 37.4. The number of benzene rings is 10. The lowest BCUT2D eigenvalue weighted by atomic mass is 9.88. The summed E-state index contributed by atoms with van der Waals surface area (Å²) in [6.45, 7) is 11.6. The second kappa shape index (κ2) is 14.3. The molecule has 0 amide bonds. The summed E-state index contributed by atoms with van der Waals surface area (Å²) in [5.74, 6) is 0. The minimum absolute atomic E-state index is 0.363. The first-order valence-electron chi connectivity index (χ1n) is 23.3. The van der Waals surface area contributed by atoms with Gasteiger partial charge in [0.15, 0.2) is 11.2 Å². The molecule has 0 aliphatic carbocycles. The van der Waals surface area contributed by atoms with E-state index < -0.39 is 0 Å². The highest BCUT2D eigenvalue weighted by atomic mass is 32.1. The van der Waals surface area contributed by atoms with Gasteiger partial charge in [0.25, 0.3) is 0 Å². The Morgan fingerprint density at radius 2 is 0.943 bits per heavy atom. The number of rotatable bonds is 4. The summed E-state index contributed by atoms with van der Waals surface area (Å²) < 4.78 is 20.9. The van der Waals surface area contributed by atoms with Gasteiger partial charge >= 0.3 is 0 Å². The Bertz CT molecular complexity index is 4730. The Balaban J connectivity index is 1.28. The second-order valence-corrected chi connectivity index (χ2v) is 19.1. The third-order valence-corrected chi connectivity index (χ3v) is 15.7. The number of aromatic nitrogens is 2. The van der Waals surface area contributed by atoms with Crippen LogP contribution in [0.3, 0.4) is 0 Å². The van der Waals surface area contributed by atoms with Crippen molar-refractivity contribution in [1.29, 1.82) is 5.26 Å². The summed E-state index contributed by atoms with van der Waals surface area (Å²) in [6.07, 6.45) is 0. The summed E-state index contributed by atoms with van der Waals surface area (Å²) in [5.41, 5.74) is 12.6. The van der Waals surface area contributed by atoms with E-state index in [2.05, 4.69) is 130 Å². The number of fused-ring (bicyclic) bond motifs is 18. The predicted octanol–water partition coefficient (Wildman–Crippen LogP) is 18.1. The molecule has 15 rings (SSSR count). The smallest absolute Gasteiger partial charge is 0.220 e. The van der Waals surface area contributed by atoms with Crippen molar-refractivity contribution in [2.75, 3.05) is 0 Å². The van der Waals surface area contributed by atoms with Gasteiger partial charge in [-0.1, -0.05) is 158 Å². The molecule has 0 N–H and O–H groups in total. The molecule has 0 aliphatic heterocycles. The van der Waals surface area contributed by atoms with E-state index in [1.807, 2.05) is 84.9 Å². The van der Waals surface area contributed by atoms with Crippen LogP contribution in [0.2, 0.25) is 0 Å². The fourth-order valence-electron chi connectivity index (χ4n) is 11.6. The van der Waals surface area contributed by atoms with Crippen LogP contribution in [0, 0.1) is 24.8 Å². The van der Waals surface area contributed by atoms with Gasteiger partial charge in [0.05, 0.1) is 50.3 Å². The summed E-state index contributed by atoms with van der Waals surface area (Å²) in [4.78, 5) is 4.62. The van der Waals surface area contributed by atoms with Crippen molar-refractivity contribution < 1.29 is 8.83 Å². The van der Waals surface area contributed by atoms with Crippen LogP contribution < -0.4 is 0 Å². The maximum absolute atomic E-state index is 12.1. The number of nitrogens with zero attached hydrogens (tertiary/aromatic N) is 4. The molecule has 6 nitrogen and oxygen atoms in total. The van der Waals surface area contributed by atoms with E-state index in [0.717, 1.165) is 120 Å². The third kappa shape index (κ3) is 5.03. The van der Waals surface area contributed by atoms with Crippen molar-refractivity contribution in [3.63, 3.8) is 0 Å². The van der Waals surface area contributed by atoms with E-state index in [1.54, 1.807) is 11.3 Å². The molecule has 15 aromatic rings. The van der Waals surface area contributed by atoms with E-state index in [-0.39, 0.29) is 0 Å². The molecule has 0 saturated heterocycles. The first-order valence-corrected chi connectivity index (χ1v) is 24.1. The molecular weight excluding hydrogens is 877 g/mol. The van der Waals surface area contributed by atoms with Gasteiger partial charge in [0.1, 0.15) is 17.2 Å². The molecule has 5 aromatic heterocycles. The Morgan fingerprint density at radius 3 is 1.56 bits per heavy atom. The molecule has 0 aliphatic rings. The van der Waals surface area contributed by atoms with Gasteiger partial charge in [-0.15, -0.1) is 11.3 Å². The van der Waals surface area contributed by atoms with Gasteiger partial charge in [-0.2, -0.15) is 5.26 Å². The molecular formula is C63H34N4O2S. The quantitative estimate of drug-likeness (QED) is 0.165. The van der Waals surface area contributed by atoms with Crippen molar-refractivity contribution in [3.8, 4) is 39.7 Å². The molecule has 0 unspecified atom stereocenters. The molecule has 324 valence electrons. The van der Waals surface area contributed by atoms with Crippen molar-refractivity contribution in [3.05, 3.63) is 211 Å². The first kappa shape index (κ1) is 38.7. The Morgan fingerprint density at radius 1 is 0.457 bits per heavy atom. The maximum atomic E-state index is 12.1. The molecule has 10 aromatic carbocycles. The zero-order valence-corrected chi connectivity index (χ0v) is 38.2. The van der Waals surface area contributed by atoms with E-state index >= 15 is 0 Å². The molecule has 0 saturated carbocycles. The fourth-order valence-corrected chi connectivity index (χ4v) is 12.9. The van der Waals surface area contributed by atoms with Gasteiger partial charge in [-0.25, -0.2) is 4.85 Å². The lowest BCUT2D eigenvalue weighted by molar-refractivity contribution is 0.671. The van der Waals surface area contributed by atoms with Gasteiger partial charge in [0.2, 0.25) is 5.69 Å². The van der Waals surface area contributed by atoms with Crippen LogP contribution in [0.15, 0.2) is 197 Å². The van der Waals surface area contributed by atoms with Crippen molar-refractivity contribution in [1.82, 2.24) is 9.13 Å². The van der Waals surface area contributed by atoms with E-state index in [9.17, 15) is 11.8 Å². The number of nitriles is 1. The van der Waals surface area contributed by atoms with Crippen LogP contribution in [-0.2, 0) is 0 Å². The Kier molecular flexibility index (Phi) is 7.91. The first-order chi connectivity index (χ1) is 34.6. The van der Waals surface area contributed by atoms with Crippen LogP contribution >= 0.6 is 11.3 Å². The lowest BCUT2D eigenvalue weighted by Crippen LogP contribution is -2.09. The van der Waals surface area contributed by atoms with E-state index in [0.29, 0.717) is 28.2 Å². The minimum atomic E-state index is 0.363. The molecule has 7 heteroatoms. The lowest BCUT2D eigenvalue weighted by Gasteiger charge is -2.26. The van der Waals surface area contributed by atoms with E-state index in [1.165, 1.54) is 10.1 Å². The average molecular weight is 911 g/mol. The SMILES string of the molecule is [C-]#[N+]c1c(-c2ccccc2)c(C#N)c(-n2c3c(C)cccc3c3ccc4c5ccccc5oc4c32)c(-c2ccccc2)c1-n1c2c(ccc3c4ccccc4oc32)c2ccc3c4ccccc4sc3c21. The maximum Gasteiger partial charge on any atom is 0.220 e. The number of aryl methyl sites for hydroxylation is 1. The predicted molar refractivity (Wildman–Crippen MR) is 289 cm³/mol. The number of hydrogen-bond donors (Lipinski definition) is 0. The van der Waals surface area contributed by atoms with Gasteiger partial charge < -0.3 is 18.0 Å². The monoisotopic (exact) mass is 910 g/mol. The molecule has 0 atom stereocenters. The molecule has 70 heavy (non-hydrogen) atoms. The highest BCUT2D eigenvalue weighted by Crippen LogP contribution is 2.55. The normalized spacial score (nSPS) is 12.0. The largest absolute Gasteiger partial charge is 0.454 e. The molecule has 0 fully saturated rings. The molecule has 5 heterocycles. The average Bonchev–Trinajstić information content (AvgIpc) is 4.23. The second-order valence-electron chi connectivity index (χ2n) is 18.1. The summed E-state index contributed by atoms with van der Waals surface area (Å²) in [6, 6.07) is 67.6. The van der Waals surface area contributed by atoms with Gasteiger partial charge in [-0.05, 0) is 53.9 Å². The Labute approximate surface area is 403 Å². The molecule has 0 bridgehead atoms. The number of hydrogen-bond acceptors (Lipinski definition) is 4. The highest BCUT2D eigenvalue weighted by Gasteiger charge is 2.34. The highest BCUT2D eigenvalue weighted by molar-refractivity contribution is 7.26. The zero-order chi connectivity index (χ0) is 46.4. The minimum Gasteiger partial charge on any atom is -0.454 e. The van der Waals surface area contributed by atoms with Gasteiger partial charge in [-0.3, -0.25) is 0 Å². The van der Waals surface area contributed by atoms with Gasteiger partial charge in [0, 0.05) is 69.7 Å². The van der Waals surface area contributed by atoms with Crippen LogP contribution in [0.25, 0.3) is 146 Å². The molecule has 0 radical (unpaired) electrons. The standard InChI is InChI=1S/C63H34N4O2S/c1-35-16-15-24-41-42-28-31-45-38-21-9-12-25-49(38)68-61(45)57(42)66(55(35)41)56-48(34-64)52(36-17-5-3-6-18-36)54(65-2)60(53(56)37-19-7-4-8-20-37)67-58-43(29-32-46-39-22-10-13-26-50(39)69-62(46)58)44-30-33-47-40-23-11-14-27-51(40)70-63(47)59(44)67/h3-33H,1H3. The van der Waals surface area contributed by atoms with Crippen LogP contribution in [0.5, 0.6) is 0 Å². The summed E-state index contributed by atoms with van der Waals surface area (Å²) in [5, 5.41) is 22.4. The van der Waals surface area contributed by atoms with Crippen molar-refractivity contribution >= 4 is 125 Å². The Hall–Kier alpha value is -9.40. The van der Waals surface area contributed by atoms with Crippen LogP contribution in [0.1, 0.15) is 11.1 Å². The number of para-hydroxylation sites is 3. The van der Waals surface area contributed by atoms with Crippen LogP contribution in [-0.4, -0.2) is 9.13 Å². The van der Waals surface area contributed by atoms with Crippen LogP contribution in [0.4, 0.5) is 5.69 Å². The van der Waals surface area contributed by atoms with E-state index in [4.69, 9.17) is 8.83 Å². The summed E-state index contributed by atoms with van der Waals surface area (Å²) in [7, 11) is 0. The van der Waals surface area contributed by atoms with Crippen molar-refractivity contribution in [2.24, 2.45) is 0 Å². The number of furan rings is 2. The molecule has 0 spiro atoms. The van der Waals surface area contributed by atoms with Crippen molar-refractivity contribution in [2.45, 2.75) is 6.92 Å². The fraction of sp³-hybridized carbons (Fsp3) is 0.0159. The topological polar surface area (TPSA) is 64.3 Å². The number of thiophene rings is 1. The summed E-state index contributed by atoms with van der Waals surface area (Å²) >= 11 is 1.76.